The van der Waals surface area contributed by atoms with Gasteiger partial charge in [0.25, 0.3) is 0 Å². The van der Waals surface area contributed by atoms with Crippen molar-refractivity contribution in [2.75, 3.05) is 27.2 Å². The zero-order chi connectivity index (χ0) is 13.7. The molecule has 104 valence electrons. The summed E-state index contributed by atoms with van der Waals surface area (Å²) in [5.74, 6) is 0.834. The van der Waals surface area contributed by atoms with Crippen LogP contribution in [-0.4, -0.2) is 33.2 Å². The van der Waals surface area contributed by atoms with Gasteiger partial charge in [0.1, 0.15) is 5.75 Å². The van der Waals surface area contributed by atoms with Gasteiger partial charge in [0.05, 0.1) is 13.5 Å². The highest BCUT2D eigenvalue weighted by Crippen LogP contribution is 2.44. The lowest BCUT2D eigenvalue weighted by molar-refractivity contribution is -0.120. The topological polar surface area (TPSA) is 50.4 Å². The van der Waals surface area contributed by atoms with Gasteiger partial charge in [0, 0.05) is 24.1 Å². The number of nitrogens with one attached hydrogen (secondary N) is 2. The number of benzene rings is 1. The first-order chi connectivity index (χ1) is 9.19. The van der Waals surface area contributed by atoms with Gasteiger partial charge in [-0.2, -0.15) is 0 Å². The lowest BCUT2D eigenvalue weighted by atomic mass is 10.1. The van der Waals surface area contributed by atoms with Crippen LogP contribution in [0.25, 0.3) is 0 Å². The lowest BCUT2D eigenvalue weighted by Gasteiger charge is -2.15. The van der Waals surface area contributed by atoms with Crippen LogP contribution < -0.4 is 15.4 Å². The maximum atomic E-state index is 12.0. The molecule has 1 aliphatic carbocycles. The van der Waals surface area contributed by atoms with Crippen molar-refractivity contribution in [3.8, 4) is 5.75 Å². The van der Waals surface area contributed by atoms with Crippen LogP contribution in [0.3, 0.4) is 0 Å². The molecular formula is C15H22N2O2. The second kappa shape index (κ2) is 6.06. The summed E-state index contributed by atoms with van der Waals surface area (Å²) in [7, 11) is 3.58. The lowest BCUT2D eigenvalue weighted by Crippen LogP contribution is -2.35. The minimum absolute atomic E-state index is 0.0619. The van der Waals surface area contributed by atoms with Gasteiger partial charge in [-0.15, -0.1) is 0 Å². The van der Waals surface area contributed by atoms with Gasteiger partial charge < -0.3 is 15.4 Å². The van der Waals surface area contributed by atoms with E-state index in [9.17, 15) is 4.79 Å². The van der Waals surface area contributed by atoms with Gasteiger partial charge >= 0.3 is 0 Å². The van der Waals surface area contributed by atoms with Crippen molar-refractivity contribution in [3.63, 3.8) is 0 Å². The molecule has 1 amide bonds. The Morgan fingerprint density at radius 1 is 1.32 bits per heavy atom. The number of rotatable bonds is 7. The van der Waals surface area contributed by atoms with Crippen LogP contribution >= 0.6 is 0 Å². The van der Waals surface area contributed by atoms with E-state index in [1.165, 1.54) is 12.8 Å². The SMILES string of the molecule is CNCC1(CNC(=O)Cc2ccccc2OC)CC1. The number of hydrogen-bond acceptors (Lipinski definition) is 3. The summed E-state index contributed by atoms with van der Waals surface area (Å²) in [6.45, 7) is 1.74. The fourth-order valence-electron chi connectivity index (χ4n) is 2.34. The molecule has 0 spiro atoms. The van der Waals surface area contributed by atoms with E-state index in [-0.39, 0.29) is 5.91 Å². The third kappa shape index (κ3) is 3.70. The van der Waals surface area contributed by atoms with E-state index in [0.29, 0.717) is 11.8 Å². The van der Waals surface area contributed by atoms with Crippen molar-refractivity contribution in [3.05, 3.63) is 29.8 Å². The third-order valence-electron chi connectivity index (χ3n) is 3.71. The Morgan fingerprint density at radius 2 is 2.05 bits per heavy atom. The van der Waals surface area contributed by atoms with E-state index >= 15 is 0 Å². The van der Waals surface area contributed by atoms with Crippen molar-refractivity contribution in [2.45, 2.75) is 19.3 Å². The fraction of sp³-hybridized carbons (Fsp3) is 0.533. The molecule has 0 aromatic heterocycles. The first-order valence-electron chi connectivity index (χ1n) is 6.72. The molecule has 4 nitrogen and oxygen atoms in total. The van der Waals surface area contributed by atoms with E-state index in [4.69, 9.17) is 4.74 Å². The first-order valence-corrected chi connectivity index (χ1v) is 6.72. The van der Waals surface area contributed by atoms with Gasteiger partial charge in [0.15, 0.2) is 0 Å². The number of carbonyl (C=O) groups excluding carboxylic acids is 1. The van der Waals surface area contributed by atoms with E-state index < -0.39 is 0 Å². The van der Waals surface area contributed by atoms with Gasteiger partial charge in [-0.3, -0.25) is 4.79 Å². The normalized spacial score (nSPS) is 15.9. The number of para-hydroxylation sites is 1. The maximum Gasteiger partial charge on any atom is 0.224 e. The van der Waals surface area contributed by atoms with Crippen LogP contribution in [-0.2, 0) is 11.2 Å². The van der Waals surface area contributed by atoms with Crippen LogP contribution in [0.4, 0.5) is 0 Å². The van der Waals surface area contributed by atoms with Crippen LogP contribution in [0, 0.1) is 5.41 Å². The van der Waals surface area contributed by atoms with Crippen molar-refractivity contribution < 1.29 is 9.53 Å². The van der Waals surface area contributed by atoms with Crippen LogP contribution in [0.5, 0.6) is 5.75 Å². The standard InChI is InChI=1S/C15H22N2O2/c1-16-10-15(7-8-15)11-17-14(18)9-12-5-3-4-6-13(12)19-2/h3-6,16H,7-11H2,1-2H3,(H,17,18). The number of ether oxygens (including phenoxy) is 1. The van der Waals surface area contributed by atoms with Crippen LogP contribution in [0.15, 0.2) is 24.3 Å². The molecule has 19 heavy (non-hydrogen) atoms. The molecule has 2 N–H and O–H groups in total. The predicted molar refractivity (Wildman–Crippen MR) is 75.3 cm³/mol. The van der Waals surface area contributed by atoms with Gasteiger partial charge in [-0.1, -0.05) is 18.2 Å². The van der Waals surface area contributed by atoms with Crippen LogP contribution in [0.1, 0.15) is 18.4 Å². The summed E-state index contributed by atoms with van der Waals surface area (Å²) in [5.41, 5.74) is 1.23. The first kappa shape index (κ1) is 13.9. The maximum absolute atomic E-state index is 12.0. The summed E-state index contributed by atoms with van der Waals surface area (Å²) in [6.07, 6.45) is 2.77. The summed E-state index contributed by atoms with van der Waals surface area (Å²) in [5, 5.41) is 6.23. The van der Waals surface area contributed by atoms with Gasteiger partial charge in [-0.05, 0) is 26.0 Å². The Balaban J connectivity index is 1.84. The van der Waals surface area contributed by atoms with E-state index in [1.54, 1.807) is 7.11 Å². The summed E-state index contributed by atoms with van der Waals surface area (Å²) >= 11 is 0. The summed E-state index contributed by atoms with van der Waals surface area (Å²) < 4.78 is 5.25. The molecule has 0 atom stereocenters. The Hall–Kier alpha value is -1.55. The average Bonchev–Trinajstić information content (AvgIpc) is 3.18. The molecule has 1 aliphatic rings. The van der Waals surface area contributed by atoms with Crippen molar-refractivity contribution in [2.24, 2.45) is 5.41 Å². The number of methoxy groups -OCH3 is 1. The molecule has 1 aromatic rings. The molecule has 0 saturated heterocycles. The van der Waals surface area contributed by atoms with E-state index in [2.05, 4.69) is 10.6 Å². The molecule has 0 heterocycles. The molecule has 0 bridgehead atoms. The summed E-state index contributed by atoms with van der Waals surface area (Å²) in [4.78, 5) is 12.0. The molecule has 0 unspecified atom stereocenters. The predicted octanol–water partition coefficient (Wildman–Crippen LogP) is 1.35. The van der Waals surface area contributed by atoms with Crippen molar-refractivity contribution >= 4 is 5.91 Å². The second-order valence-corrected chi connectivity index (χ2v) is 5.30. The molecule has 2 rings (SSSR count). The average molecular weight is 262 g/mol. The monoisotopic (exact) mass is 262 g/mol. The van der Waals surface area contributed by atoms with Crippen molar-refractivity contribution in [1.82, 2.24) is 10.6 Å². The van der Waals surface area contributed by atoms with Gasteiger partial charge in [-0.25, -0.2) is 0 Å². The number of amides is 1. The highest BCUT2D eigenvalue weighted by Gasteiger charge is 2.41. The van der Waals surface area contributed by atoms with E-state index in [0.717, 1.165) is 24.4 Å². The smallest absolute Gasteiger partial charge is 0.224 e. The fourth-order valence-corrected chi connectivity index (χ4v) is 2.34. The minimum atomic E-state index is 0.0619. The Labute approximate surface area is 114 Å². The molecule has 1 aromatic carbocycles. The Bertz CT molecular complexity index is 442. The molecule has 1 saturated carbocycles. The largest absolute Gasteiger partial charge is 0.496 e. The zero-order valence-corrected chi connectivity index (χ0v) is 11.7. The zero-order valence-electron chi connectivity index (χ0n) is 11.7. The molecule has 1 fully saturated rings. The minimum Gasteiger partial charge on any atom is -0.496 e. The quantitative estimate of drug-likeness (QED) is 0.780. The third-order valence-corrected chi connectivity index (χ3v) is 3.71. The van der Waals surface area contributed by atoms with Gasteiger partial charge in [0.2, 0.25) is 5.91 Å². The highest BCUT2D eigenvalue weighted by atomic mass is 16.5. The Kier molecular flexibility index (Phi) is 4.43. The highest BCUT2D eigenvalue weighted by molar-refractivity contribution is 5.79. The van der Waals surface area contributed by atoms with E-state index in [1.807, 2.05) is 31.3 Å². The summed E-state index contributed by atoms with van der Waals surface area (Å²) in [6, 6.07) is 7.64. The molecule has 0 aliphatic heterocycles. The molecule has 0 radical (unpaired) electrons. The van der Waals surface area contributed by atoms with Crippen LogP contribution in [0.2, 0.25) is 0 Å². The number of carbonyl (C=O) groups is 1. The molecule has 4 heteroatoms. The second-order valence-electron chi connectivity index (χ2n) is 5.30. The van der Waals surface area contributed by atoms with Crippen molar-refractivity contribution in [1.29, 1.82) is 0 Å². The number of hydrogen-bond donors (Lipinski definition) is 2. The Morgan fingerprint density at radius 3 is 2.68 bits per heavy atom. The molecular weight excluding hydrogens is 240 g/mol.